The van der Waals surface area contributed by atoms with Gasteiger partial charge in [0.1, 0.15) is 6.04 Å². The molecule has 0 aromatic rings. The quantitative estimate of drug-likeness (QED) is 0.546. The second-order valence-corrected chi connectivity index (χ2v) is 4.98. The zero-order valence-electron chi connectivity index (χ0n) is 11.1. The molecule has 0 spiro atoms. The van der Waals surface area contributed by atoms with Crippen molar-refractivity contribution < 1.29 is 19.4 Å². The van der Waals surface area contributed by atoms with E-state index in [-0.39, 0.29) is 6.10 Å². The van der Waals surface area contributed by atoms with Crippen LogP contribution in [-0.2, 0) is 9.53 Å². The molecule has 0 aliphatic heterocycles. The van der Waals surface area contributed by atoms with Crippen LogP contribution in [0.4, 0.5) is 4.79 Å². The fraction of sp³-hybridized carbons (Fsp3) is 0.818. The number of carboxylic acid groups (broad SMARTS) is 1. The Balaban J connectivity index is 3.84. The Morgan fingerprint density at radius 2 is 2.06 bits per heavy atom. The van der Waals surface area contributed by atoms with E-state index in [0.29, 0.717) is 25.3 Å². The maximum absolute atomic E-state index is 11.4. The predicted octanol–water partition coefficient (Wildman–Crippen LogP) is 0.917. The smallest absolute Gasteiger partial charge is 0.326 e. The summed E-state index contributed by atoms with van der Waals surface area (Å²) < 4.78 is 5.25. The molecule has 2 amide bonds. The van der Waals surface area contributed by atoms with Crippen molar-refractivity contribution in [2.75, 3.05) is 25.2 Å². The number of carboxylic acids is 1. The Bertz CT molecular complexity index is 261. The van der Waals surface area contributed by atoms with Crippen molar-refractivity contribution >= 4 is 23.8 Å². The van der Waals surface area contributed by atoms with Crippen molar-refractivity contribution in [2.45, 2.75) is 32.4 Å². The van der Waals surface area contributed by atoms with E-state index in [1.165, 1.54) is 0 Å². The fourth-order valence-corrected chi connectivity index (χ4v) is 1.63. The molecule has 0 rings (SSSR count). The molecule has 0 fully saturated rings. The van der Waals surface area contributed by atoms with Crippen LogP contribution in [0.5, 0.6) is 0 Å². The number of thioether (sulfide) groups is 1. The molecule has 0 saturated heterocycles. The number of amides is 2. The molecule has 0 radical (unpaired) electrons. The molecule has 0 saturated carbocycles. The molecule has 0 bridgehead atoms. The third kappa shape index (κ3) is 9.12. The zero-order valence-corrected chi connectivity index (χ0v) is 11.9. The standard InChI is InChI=1S/C11H22N2O4S/c1-8(2)17-6-5-12-11(16)13-9(10(14)15)4-7-18-3/h8-9H,4-7H2,1-3H3,(H,14,15)(H2,12,13,16)/t9-/m1/s1. The molecule has 0 heterocycles. The van der Waals surface area contributed by atoms with Gasteiger partial charge in [-0.1, -0.05) is 0 Å². The number of hydrogen-bond acceptors (Lipinski definition) is 4. The average molecular weight is 278 g/mol. The van der Waals surface area contributed by atoms with Crippen LogP contribution in [0.15, 0.2) is 0 Å². The molecule has 6 nitrogen and oxygen atoms in total. The molecule has 0 aliphatic carbocycles. The largest absolute Gasteiger partial charge is 0.480 e. The first-order valence-electron chi connectivity index (χ1n) is 5.85. The lowest BCUT2D eigenvalue weighted by Gasteiger charge is -2.15. The van der Waals surface area contributed by atoms with Crippen LogP contribution in [-0.4, -0.2) is 54.4 Å². The van der Waals surface area contributed by atoms with Gasteiger partial charge in [0.25, 0.3) is 0 Å². The van der Waals surface area contributed by atoms with Gasteiger partial charge in [0.2, 0.25) is 0 Å². The lowest BCUT2D eigenvalue weighted by molar-refractivity contribution is -0.139. The third-order valence-corrected chi connectivity index (χ3v) is 2.70. The molecular formula is C11H22N2O4S. The highest BCUT2D eigenvalue weighted by atomic mass is 32.2. The molecule has 18 heavy (non-hydrogen) atoms. The summed E-state index contributed by atoms with van der Waals surface area (Å²) in [4.78, 5) is 22.3. The van der Waals surface area contributed by atoms with Gasteiger partial charge >= 0.3 is 12.0 Å². The van der Waals surface area contributed by atoms with Gasteiger partial charge in [0.05, 0.1) is 12.7 Å². The van der Waals surface area contributed by atoms with Gasteiger partial charge in [0, 0.05) is 6.54 Å². The van der Waals surface area contributed by atoms with Gasteiger partial charge in [-0.15, -0.1) is 0 Å². The summed E-state index contributed by atoms with van der Waals surface area (Å²) in [7, 11) is 0. The lowest BCUT2D eigenvalue weighted by atomic mass is 10.2. The van der Waals surface area contributed by atoms with Crippen LogP contribution < -0.4 is 10.6 Å². The molecule has 3 N–H and O–H groups in total. The highest BCUT2D eigenvalue weighted by Gasteiger charge is 2.18. The van der Waals surface area contributed by atoms with E-state index in [1.807, 2.05) is 20.1 Å². The normalized spacial score (nSPS) is 12.2. The minimum Gasteiger partial charge on any atom is -0.480 e. The lowest BCUT2D eigenvalue weighted by Crippen LogP contribution is -2.47. The Morgan fingerprint density at radius 1 is 1.39 bits per heavy atom. The van der Waals surface area contributed by atoms with Crippen molar-refractivity contribution in [1.82, 2.24) is 10.6 Å². The highest BCUT2D eigenvalue weighted by molar-refractivity contribution is 7.98. The molecule has 106 valence electrons. The van der Waals surface area contributed by atoms with Gasteiger partial charge in [-0.05, 0) is 32.3 Å². The summed E-state index contributed by atoms with van der Waals surface area (Å²) in [5, 5.41) is 13.9. The topological polar surface area (TPSA) is 87.7 Å². The van der Waals surface area contributed by atoms with Gasteiger partial charge in [-0.25, -0.2) is 9.59 Å². The van der Waals surface area contributed by atoms with Crippen LogP contribution in [0.1, 0.15) is 20.3 Å². The number of rotatable bonds is 9. The minimum atomic E-state index is -1.02. The average Bonchev–Trinajstić information content (AvgIpc) is 2.29. The van der Waals surface area contributed by atoms with E-state index in [2.05, 4.69) is 10.6 Å². The molecule has 7 heteroatoms. The Labute approximate surface area is 112 Å². The van der Waals surface area contributed by atoms with Gasteiger partial charge in [0.15, 0.2) is 0 Å². The first-order valence-corrected chi connectivity index (χ1v) is 7.24. The van der Waals surface area contributed by atoms with Crippen LogP contribution >= 0.6 is 11.8 Å². The molecular weight excluding hydrogens is 256 g/mol. The minimum absolute atomic E-state index is 0.114. The van der Waals surface area contributed by atoms with E-state index in [0.717, 1.165) is 0 Å². The summed E-state index contributed by atoms with van der Waals surface area (Å²) in [6.45, 7) is 4.58. The van der Waals surface area contributed by atoms with Crippen LogP contribution in [0.25, 0.3) is 0 Å². The van der Waals surface area contributed by atoms with E-state index in [9.17, 15) is 9.59 Å². The maximum Gasteiger partial charge on any atom is 0.326 e. The summed E-state index contributed by atoms with van der Waals surface area (Å²) in [5.41, 5.74) is 0. The van der Waals surface area contributed by atoms with E-state index >= 15 is 0 Å². The highest BCUT2D eigenvalue weighted by Crippen LogP contribution is 2.00. The number of carbonyl (C=O) groups excluding carboxylic acids is 1. The first kappa shape index (κ1) is 17.1. The predicted molar refractivity (Wildman–Crippen MR) is 72.0 cm³/mol. The summed E-state index contributed by atoms with van der Waals surface area (Å²) >= 11 is 1.54. The second-order valence-electron chi connectivity index (χ2n) is 3.99. The molecule has 0 aromatic carbocycles. The van der Waals surface area contributed by atoms with Gasteiger partial charge < -0.3 is 20.5 Å². The summed E-state index contributed by atoms with van der Waals surface area (Å²) in [6.07, 6.45) is 2.41. The second kappa shape index (κ2) is 10.0. The molecule has 0 aliphatic rings. The van der Waals surface area contributed by atoms with Gasteiger partial charge in [-0.2, -0.15) is 11.8 Å². The van der Waals surface area contributed by atoms with Gasteiger partial charge in [-0.3, -0.25) is 0 Å². The third-order valence-electron chi connectivity index (χ3n) is 2.05. The Kier molecular flexibility index (Phi) is 9.49. The number of urea groups is 1. The summed E-state index contributed by atoms with van der Waals surface area (Å²) in [6, 6.07) is -1.32. The number of aliphatic carboxylic acids is 1. The fourth-order valence-electron chi connectivity index (χ4n) is 1.16. The monoisotopic (exact) mass is 278 g/mol. The molecule has 0 unspecified atom stereocenters. The van der Waals surface area contributed by atoms with E-state index < -0.39 is 18.0 Å². The SMILES string of the molecule is CSCC[C@@H](NC(=O)NCCOC(C)C)C(=O)O. The van der Waals surface area contributed by atoms with Crippen LogP contribution in [0.3, 0.4) is 0 Å². The van der Waals surface area contributed by atoms with Crippen molar-refractivity contribution in [3.63, 3.8) is 0 Å². The summed E-state index contributed by atoms with van der Waals surface area (Å²) in [5.74, 6) is -0.328. The number of carbonyl (C=O) groups is 2. The zero-order chi connectivity index (χ0) is 14.0. The van der Waals surface area contributed by atoms with Crippen molar-refractivity contribution in [3.05, 3.63) is 0 Å². The Hall–Kier alpha value is -0.950. The van der Waals surface area contributed by atoms with Crippen molar-refractivity contribution in [1.29, 1.82) is 0 Å². The van der Waals surface area contributed by atoms with Crippen molar-refractivity contribution in [3.8, 4) is 0 Å². The van der Waals surface area contributed by atoms with Crippen LogP contribution in [0.2, 0.25) is 0 Å². The maximum atomic E-state index is 11.4. The van der Waals surface area contributed by atoms with Crippen molar-refractivity contribution in [2.24, 2.45) is 0 Å². The van der Waals surface area contributed by atoms with E-state index in [1.54, 1.807) is 11.8 Å². The first-order chi connectivity index (χ1) is 8.47. The van der Waals surface area contributed by atoms with E-state index in [4.69, 9.17) is 9.84 Å². The number of nitrogens with one attached hydrogen (secondary N) is 2. The number of hydrogen-bond donors (Lipinski definition) is 3. The Morgan fingerprint density at radius 3 is 2.56 bits per heavy atom. The van der Waals surface area contributed by atoms with Crippen LogP contribution in [0, 0.1) is 0 Å². The molecule has 0 aromatic heterocycles. The number of ether oxygens (including phenoxy) is 1. The molecule has 1 atom stereocenters.